The number of carboxylic acids is 9. The van der Waals surface area contributed by atoms with Crippen molar-refractivity contribution in [2.75, 3.05) is 0 Å². The Balaban J connectivity index is -0.0000000864. The monoisotopic (exact) mass is 791 g/mol. The summed E-state index contributed by atoms with van der Waals surface area (Å²) in [5.41, 5.74) is -8.92. The molecule has 0 amide bonds. The zero-order chi connectivity index (χ0) is 31.9. The second-order valence-corrected chi connectivity index (χ2v) is 7.25. The molecule has 0 aliphatic carbocycles. The maximum atomic E-state index is 10.1. The van der Waals surface area contributed by atoms with Gasteiger partial charge in [0.15, 0.2) is 0 Å². The van der Waals surface area contributed by atoms with Crippen LogP contribution in [0, 0.1) is 0 Å². The van der Waals surface area contributed by atoms with Crippen molar-refractivity contribution in [1.29, 1.82) is 0 Å². The maximum Gasteiger partial charge on any atom is 3.00 e. The number of carbonyl (C=O) groups excluding carboxylic acids is 9. The number of carbonyl (C=O) groups is 9. The van der Waals surface area contributed by atoms with E-state index in [1.807, 2.05) is 0 Å². The van der Waals surface area contributed by atoms with E-state index >= 15 is 0 Å². The van der Waals surface area contributed by atoms with Crippen LogP contribution in [-0.2, 0) is 111 Å². The molecule has 0 aliphatic heterocycles. The van der Waals surface area contributed by atoms with Gasteiger partial charge in [0, 0.05) is 74.3 Å². The fourth-order valence-corrected chi connectivity index (χ4v) is 2.05. The molecule has 25 heteroatoms. The Morgan fingerprint density at radius 1 is 0.349 bits per heavy atom. The van der Waals surface area contributed by atoms with Gasteiger partial charge in [0.05, 0.1) is 17.9 Å². The van der Waals surface area contributed by atoms with E-state index in [9.17, 15) is 89.1 Å². The number of rotatable bonds is 15. The van der Waals surface area contributed by atoms with Crippen molar-refractivity contribution >= 4 is 53.7 Å². The van der Waals surface area contributed by atoms with E-state index in [4.69, 9.17) is 15.3 Å². The molecule has 0 aromatic rings. The molecule has 0 spiro atoms. The Kier molecular flexibility index (Phi) is 32.1. The normalized spacial score (nSPS) is 9.84. The Hall–Kier alpha value is -2.81. The fraction of sp³-hybridized carbons (Fsp3) is 0.500. The number of carboxylic acid groups (broad SMARTS) is 9. The van der Waals surface area contributed by atoms with Crippen LogP contribution in [-0.4, -0.2) is 85.8 Å². The molecule has 3 N–H and O–H groups in total. The maximum absolute atomic E-state index is 10.1. The van der Waals surface area contributed by atoms with E-state index in [1.54, 1.807) is 0 Å². The number of aliphatic hydroxyl groups is 3. The number of hydrogen-bond donors (Lipinski definition) is 3. The molecular weight excluding hydrogens is 776 g/mol. The van der Waals surface area contributed by atoms with E-state index in [-0.39, 0.29) is 68.3 Å². The van der Waals surface area contributed by atoms with Crippen LogP contribution in [0.1, 0.15) is 38.5 Å². The third-order valence-corrected chi connectivity index (χ3v) is 3.76. The van der Waals surface area contributed by atoms with Gasteiger partial charge in [0.25, 0.3) is 0 Å². The zero-order valence-corrected chi connectivity index (χ0v) is 24.8. The van der Waals surface area contributed by atoms with Gasteiger partial charge < -0.3 is 104 Å². The van der Waals surface area contributed by atoms with Crippen LogP contribution in [0.25, 0.3) is 0 Å². The van der Waals surface area contributed by atoms with Gasteiger partial charge in [-0.1, -0.05) is 0 Å². The molecule has 0 heterocycles. The van der Waals surface area contributed by atoms with Crippen molar-refractivity contribution in [2.45, 2.75) is 55.3 Å². The molecule has 0 fully saturated rings. The Morgan fingerprint density at radius 3 is 0.488 bits per heavy atom. The molecule has 0 aliphatic rings. The SMILES string of the molecule is O=C([O-])CC(O)(CC(=O)[O-])C(=O)[O-].O=C([O-])CC(O)(CC(=O)[O-])C(=O)[O-].O=C([O-])CC(O)(CC(=O)[O-])C(=O)[O-].[Fe+2].[Fe+2].[Fe+2].[Fe+3]. The van der Waals surface area contributed by atoms with Crippen molar-refractivity contribution in [3.05, 3.63) is 0 Å². The van der Waals surface area contributed by atoms with E-state index in [0.717, 1.165) is 0 Å². The van der Waals surface area contributed by atoms with Gasteiger partial charge in [0.2, 0.25) is 0 Å². The van der Waals surface area contributed by atoms with Crippen LogP contribution < -0.4 is 46.0 Å². The average Bonchev–Trinajstić information content (AvgIpc) is 2.64. The quantitative estimate of drug-likeness (QED) is 0.130. The minimum absolute atomic E-state index is 0. The van der Waals surface area contributed by atoms with Crippen molar-refractivity contribution in [1.82, 2.24) is 0 Å². The van der Waals surface area contributed by atoms with Gasteiger partial charge in [-0.05, 0) is 0 Å². The molecule has 245 valence electrons. The van der Waals surface area contributed by atoms with Crippen molar-refractivity contribution in [2.24, 2.45) is 0 Å². The van der Waals surface area contributed by atoms with E-state index in [1.165, 1.54) is 0 Å². The predicted molar refractivity (Wildman–Crippen MR) is 87.6 cm³/mol. The second kappa shape index (κ2) is 24.6. The van der Waals surface area contributed by atoms with Crippen molar-refractivity contribution in [3.8, 4) is 0 Å². The molecule has 0 bridgehead atoms. The fourth-order valence-electron chi connectivity index (χ4n) is 2.05. The summed E-state index contributed by atoms with van der Waals surface area (Å²) in [4.78, 5) is 90.0. The first-order chi connectivity index (χ1) is 17.3. The third kappa shape index (κ3) is 26.5. The van der Waals surface area contributed by atoms with E-state index in [0.29, 0.717) is 0 Å². The minimum atomic E-state index is -2.97. The summed E-state index contributed by atoms with van der Waals surface area (Å²) in [5.74, 6) is -18.0. The largest absolute Gasteiger partial charge is 3.00 e. The molecule has 0 saturated heterocycles. The van der Waals surface area contributed by atoms with E-state index in [2.05, 4.69) is 0 Å². The summed E-state index contributed by atoms with van der Waals surface area (Å²) in [6.45, 7) is 0. The third-order valence-electron chi connectivity index (χ3n) is 3.76. The zero-order valence-electron chi connectivity index (χ0n) is 20.3. The topological polar surface area (TPSA) is 422 Å². The predicted octanol–water partition coefficient (Wildman–Crippen LogP) is -15.8. The van der Waals surface area contributed by atoms with Crippen LogP contribution in [0.15, 0.2) is 0 Å². The molecule has 0 unspecified atom stereocenters. The van der Waals surface area contributed by atoms with Crippen LogP contribution in [0.3, 0.4) is 0 Å². The molecule has 43 heavy (non-hydrogen) atoms. The molecule has 1 radical (unpaired) electrons. The van der Waals surface area contributed by atoms with Crippen LogP contribution in [0.4, 0.5) is 0 Å². The summed E-state index contributed by atoms with van der Waals surface area (Å²) in [6.07, 6.45) is -8.15. The number of aliphatic carboxylic acids is 9. The smallest absolute Gasteiger partial charge is 0.550 e. The van der Waals surface area contributed by atoms with Crippen molar-refractivity contribution < 1.29 is 173 Å². The average molecular weight is 791 g/mol. The molecule has 0 aromatic heterocycles. The minimum Gasteiger partial charge on any atom is -0.550 e. The summed E-state index contributed by atoms with van der Waals surface area (Å²) < 4.78 is 0. The van der Waals surface area contributed by atoms with Crippen LogP contribution in [0.5, 0.6) is 0 Å². The molecule has 0 rings (SSSR count). The Labute approximate surface area is 280 Å². The molecule has 21 nitrogen and oxygen atoms in total. The van der Waals surface area contributed by atoms with E-state index < -0.39 is 109 Å². The van der Waals surface area contributed by atoms with Gasteiger partial charge in [0.1, 0.15) is 16.8 Å². The van der Waals surface area contributed by atoms with Gasteiger partial charge in [-0.3, -0.25) is 0 Å². The molecule has 0 atom stereocenters. The molecular formula is C18H15Fe4O21. The van der Waals surface area contributed by atoms with Gasteiger partial charge in [-0.2, -0.15) is 0 Å². The first kappa shape index (κ1) is 56.0. The van der Waals surface area contributed by atoms with Crippen molar-refractivity contribution in [3.63, 3.8) is 0 Å². The summed E-state index contributed by atoms with van der Waals surface area (Å²) in [5, 5.41) is 117. The molecule has 0 saturated carbocycles. The van der Waals surface area contributed by atoms with Crippen LogP contribution >= 0.6 is 0 Å². The van der Waals surface area contributed by atoms with Gasteiger partial charge in [-0.15, -0.1) is 0 Å². The van der Waals surface area contributed by atoms with Crippen LogP contribution in [0.2, 0.25) is 0 Å². The first-order valence-corrected chi connectivity index (χ1v) is 9.34. The molecule has 0 aromatic carbocycles. The summed E-state index contributed by atoms with van der Waals surface area (Å²) >= 11 is 0. The Morgan fingerprint density at radius 2 is 0.442 bits per heavy atom. The summed E-state index contributed by atoms with van der Waals surface area (Å²) in [6, 6.07) is 0. The van der Waals surface area contributed by atoms with Gasteiger partial charge in [-0.25, -0.2) is 0 Å². The number of hydrogen-bond acceptors (Lipinski definition) is 21. The van der Waals surface area contributed by atoms with Gasteiger partial charge >= 0.3 is 68.3 Å². The standard InChI is InChI=1S/3C6H8O7.4Fe/c3*7-3(8)1-6(13,5(11)12)2-4(9)10;;;;/h3*13H,1-2H2,(H,7,8)(H,9,10)(H,11,12);;;;/q;;;3*+2;+3/p-9. The first-order valence-electron chi connectivity index (χ1n) is 9.34. The second-order valence-electron chi connectivity index (χ2n) is 7.25. The Bertz CT molecular complexity index is 825. The summed E-state index contributed by atoms with van der Waals surface area (Å²) in [7, 11) is 0.